The number of carboxylic acid groups (broad SMARTS) is 1. The fraction of sp³-hybridized carbons (Fsp3) is 0.455. The Morgan fingerprint density at radius 1 is 1.50 bits per heavy atom. The summed E-state index contributed by atoms with van der Waals surface area (Å²) in [5.74, 6) is -1.16. The molecule has 0 aliphatic carbocycles. The van der Waals surface area contributed by atoms with E-state index in [0.717, 1.165) is 9.87 Å². The molecule has 112 valence electrons. The highest BCUT2D eigenvalue weighted by Crippen LogP contribution is 2.18. The first-order chi connectivity index (χ1) is 8.93. The van der Waals surface area contributed by atoms with Crippen molar-refractivity contribution >= 4 is 28.4 Å². The minimum absolute atomic E-state index is 0. The Balaban J connectivity index is 0.00000200. The van der Waals surface area contributed by atoms with Gasteiger partial charge < -0.3 is 10.4 Å². The van der Waals surface area contributed by atoms with E-state index in [1.165, 1.54) is 12.3 Å². The fourth-order valence-corrected chi connectivity index (χ4v) is 3.41. The van der Waals surface area contributed by atoms with Crippen LogP contribution in [0.3, 0.4) is 0 Å². The molecule has 0 saturated carbocycles. The van der Waals surface area contributed by atoms with E-state index in [-0.39, 0.29) is 30.5 Å². The zero-order chi connectivity index (χ0) is 14.0. The normalized spacial score (nSPS) is 20.1. The van der Waals surface area contributed by atoms with Gasteiger partial charge in [-0.1, -0.05) is 6.07 Å². The van der Waals surface area contributed by atoms with E-state index in [9.17, 15) is 13.2 Å². The Morgan fingerprint density at radius 3 is 2.75 bits per heavy atom. The lowest BCUT2D eigenvalue weighted by Crippen LogP contribution is -2.56. The van der Waals surface area contributed by atoms with Gasteiger partial charge in [-0.3, -0.25) is 4.79 Å². The van der Waals surface area contributed by atoms with E-state index >= 15 is 0 Å². The summed E-state index contributed by atoms with van der Waals surface area (Å²) in [5, 5.41) is 11.8. The van der Waals surface area contributed by atoms with E-state index < -0.39 is 22.0 Å². The number of rotatable bonds is 3. The number of aryl methyl sites for hydroxylation is 1. The van der Waals surface area contributed by atoms with Gasteiger partial charge in [0.25, 0.3) is 10.0 Å². The predicted molar refractivity (Wildman–Crippen MR) is 74.4 cm³/mol. The molecule has 2 heterocycles. The highest BCUT2D eigenvalue weighted by molar-refractivity contribution is 7.89. The molecule has 0 amide bonds. The summed E-state index contributed by atoms with van der Waals surface area (Å²) in [6.07, 6.45) is 1.45. The van der Waals surface area contributed by atoms with Gasteiger partial charge >= 0.3 is 5.97 Å². The first kappa shape index (κ1) is 16.8. The number of aliphatic carboxylic acids is 1. The van der Waals surface area contributed by atoms with Crippen LogP contribution >= 0.6 is 12.4 Å². The van der Waals surface area contributed by atoms with Crippen molar-refractivity contribution in [2.24, 2.45) is 0 Å². The number of carbonyl (C=O) groups is 1. The van der Waals surface area contributed by atoms with Crippen LogP contribution in [0.1, 0.15) is 5.56 Å². The number of sulfonamides is 1. The van der Waals surface area contributed by atoms with Crippen LogP contribution in [0.25, 0.3) is 0 Å². The van der Waals surface area contributed by atoms with Crippen molar-refractivity contribution in [3.8, 4) is 0 Å². The highest BCUT2D eigenvalue weighted by atomic mass is 35.5. The van der Waals surface area contributed by atoms with Crippen molar-refractivity contribution in [1.29, 1.82) is 0 Å². The number of hydrogen-bond acceptors (Lipinski definition) is 5. The number of aromatic nitrogens is 1. The molecule has 2 rings (SSSR count). The van der Waals surface area contributed by atoms with Crippen molar-refractivity contribution in [3.05, 3.63) is 23.9 Å². The number of piperazine rings is 1. The molecular weight excluding hydrogens is 306 g/mol. The van der Waals surface area contributed by atoms with Crippen molar-refractivity contribution in [1.82, 2.24) is 14.6 Å². The minimum atomic E-state index is -3.87. The van der Waals surface area contributed by atoms with Gasteiger partial charge in [-0.2, -0.15) is 4.31 Å². The second kappa shape index (κ2) is 6.49. The van der Waals surface area contributed by atoms with Gasteiger partial charge in [0, 0.05) is 25.8 Å². The molecule has 1 aliphatic rings. The molecule has 2 N–H and O–H groups in total. The molecule has 0 bridgehead atoms. The second-order valence-corrected chi connectivity index (χ2v) is 6.19. The minimum Gasteiger partial charge on any atom is -0.480 e. The average molecular weight is 322 g/mol. The summed E-state index contributed by atoms with van der Waals surface area (Å²) in [5.41, 5.74) is 0.842. The van der Waals surface area contributed by atoms with Gasteiger partial charge in [-0.15, -0.1) is 12.4 Å². The fourth-order valence-electron chi connectivity index (χ4n) is 1.91. The first-order valence-electron chi connectivity index (χ1n) is 5.81. The lowest BCUT2D eigenvalue weighted by atomic mass is 10.2. The van der Waals surface area contributed by atoms with Crippen LogP contribution in [-0.4, -0.2) is 54.5 Å². The zero-order valence-electron chi connectivity index (χ0n) is 10.8. The number of hydrogen-bond donors (Lipinski definition) is 2. The molecule has 1 saturated heterocycles. The van der Waals surface area contributed by atoms with Gasteiger partial charge in [0.2, 0.25) is 0 Å². The summed E-state index contributed by atoms with van der Waals surface area (Å²) in [7, 11) is -3.87. The molecule has 1 fully saturated rings. The zero-order valence-corrected chi connectivity index (χ0v) is 12.4. The molecular formula is C11H16ClN3O4S. The molecule has 7 nitrogen and oxygen atoms in total. The summed E-state index contributed by atoms with van der Waals surface area (Å²) < 4.78 is 25.8. The van der Waals surface area contributed by atoms with Gasteiger partial charge in [0.05, 0.1) is 0 Å². The lowest BCUT2D eigenvalue weighted by Gasteiger charge is -2.31. The van der Waals surface area contributed by atoms with E-state index in [4.69, 9.17) is 5.11 Å². The standard InChI is InChI=1S/C11H15N3O4S.ClH/c1-8-2-3-10(13-6-8)19(17,18)14-5-4-12-7-9(14)11(15)16;/h2-3,6,9,12H,4-5,7H2,1H3,(H,15,16);1H. The Bertz CT molecular complexity index is 576. The third-order valence-electron chi connectivity index (χ3n) is 2.94. The van der Waals surface area contributed by atoms with Crippen molar-refractivity contribution in [2.45, 2.75) is 18.0 Å². The van der Waals surface area contributed by atoms with Crippen molar-refractivity contribution in [2.75, 3.05) is 19.6 Å². The Kier molecular flexibility index (Phi) is 5.46. The Morgan fingerprint density at radius 2 is 2.20 bits per heavy atom. The summed E-state index contributed by atoms with van der Waals surface area (Å²) in [4.78, 5) is 15.0. The van der Waals surface area contributed by atoms with Crippen LogP contribution in [0, 0.1) is 6.92 Å². The van der Waals surface area contributed by atoms with Crippen LogP contribution in [0.2, 0.25) is 0 Å². The quantitative estimate of drug-likeness (QED) is 0.804. The predicted octanol–water partition coefficient (Wildman–Crippen LogP) is -0.141. The van der Waals surface area contributed by atoms with E-state index in [0.29, 0.717) is 6.54 Å². The molecule has 1 aliphatic heterocycles. The van der Waals surface area contributed by atoms with E-state index in [1.807, 2.05) is 0 Å². The molecule has 9 heteroatoms. The summed E-state index contributed by atoms with van der Waals surface area (Å²) in [6, 6.07) is 1.94. The maximum absolute atomic E-state index is 12.4. The highest BCUT2D eigenvalue weighted by Gasteiger charge is 2.38. The van der Waals surface area contributed by atoms with Crippen LogP contribution in [-0.2, 0) is 14.8 Å². The van der Waals surface area contributed by atoms with Gasteiger partial charge in [0.15, 0.2) is 5.03 Å². The monoisotopic (exact) mass is 321 g/mol. The number of carboxylic acids is 1. The first-order valence-corrected chi connectivity index (χ1v) is 7.25. The maximum atomic E-state index is 12.4. The van der Waals surface area contributed by atoms with Crippen LogP contribution in [0.15, 0.2) is 23.4 Å². The molecule has 0 spiro atoms. The SMILES string of the molecule is Cc1ccc(S(=O)(=O)N2CCNCC2C(=O)O)nc1.Cl. The van der Waals surface area contributed by atoms with E-state index in [2.05, 4.69) is 10.3 Å². The second-order valence-electron chi connectivity index (χ2n) is 4.35. The Hall–Kier alpha value is -1.22. The molecule has 1 atom stereocenters. The number of nitrogens with one attached hydrogen (secondary N) is 1. The average Bonchev–Trinajstić information content (AvgIpc) is 2.39. The van der Waals surface area contributed by atoms with E-state index in [1.54, 1.807) is 13.0 Å². The van der Waals surface area contributed by atoms with Crippen molar-refractivity contribution < 1.29 is 18.3 Å². The number of halogens is 1. The third-order valence-corrected chi connectivity index (χ3v) is 4.76. The largest absolute Gasteiger partial charge is 0.480 e. The number of nitrogens with zero attached hydrogens (tertiary/aromatic N) is 2. The van der Waals surface area contributed by atoms with Gasteiger partial charge in [-0.05, 0) is 18.6 Å². The molecule has 0 aromatic carbocycles. The smallest absolute Gasteiger partial charge is 0.323 e. The van der Waals surface area contributed by atoms with Gasteiger partial charge in [0.1, 0.15) is 6.04 Å². The van der Waals surface area contributed by atoms with Crippen LogP contribution in [0.4, 0.5) is 0 Å². The van der Waals surface area contributed by atoms with Gasteiger partial charge in [-0.25, -0.2) is 13.4 Å². The Labute approximate surface area is 123 Å². The maximum Gasteiger partial charge on any atom is 0.323 e. The van der Waals surface area contributed by atoms with Crippen molar-refractivity contribution in [3.63, 3.8) is 0 Å². The topological polar surface area (TPSA) is 99.6 Å². The third kappa shape index (κ3) is 3.26. The summed E-state index contributed by atoms with van der Waals surface area (Å²) in [6.45, 7) is 2.44. The molecule has 1 unspecified atom stereocenters. The molecule has 0 radical (unpaired) electrons. The molecule has 20 heavy (non-hydrogen) atoms. The number of pyridine rings is 1. The lowest BCUT2D eigenvalue weighted by molar-refractivity contribution is -0.141. The van der Waals surface area contributed by atoms with Crippen LogP contribution in [0.5, 0.6) is 0 Å². The van der Waals surface area contributed by atoms with Crippen LogP contribution < -0.4 is 5.32 Å². The molecule has 1 aromatic heterocycles. The molecule has 1 aromatic rings. The summed E-state index contributed by atoms with van der Waals surface area (Å²) >= 11 is 0.